The summed E-state index contributed by atoms with van der Waals surface area (Å²) in [5.74, 6) is 0.310. The highest BCUT2D eigenvalue weighted by Gasteiger charge is 2.30. The molecule has 1 amide bonds. The van der Waals surface area contributed by atoms with Crippen molar-refractivity contribution in [2.75, 3.05) is 11.5 Å². The highest BCUT2D eigenvalue weighted by Crippen LogP contribution is 2.31. The standard InChI is InChI=1S/C17H16N2O4/c1-12-10-13-4-2-3-5-16(13)18(12)17(20)11-23-15-8-6-14(7-9-15)19(21)22/h2-9,12H,10-11H2,1H3/t12-/m0/s1. The van der Waals surface area contributed by atoms with Gasteiger partial charge >= 0.3 is 0 Å². The Labute approximate surface area is 133 Å². The van der Waals surface area contributed by atoms with Gasteiger partial charge in [0.2, 0.25) is 0 Å². The summed E-state index contributed by atoms with van der Waals surface area (Å²) in [4.78, 5) is 24.3. The second kappa shape index (κ2) is 6.08. The molecule has 6 nitrogen and oxygen atoms in total. The normalized spacial score (nSPS) is 16.0. The van der Waals surface area contributed by atoms with Crippen LogP contribution >= 0.6 is 0 Å². The molecule has 0 saturated heterocycles. The first-order chi connectivity index (χ1) is 11.1. The van der Waals surface area contributed by atoms with Crippen LogP contribution in [0.5, 0.6) is 5.75 Å². The number of hydrogen-bond acceptors (Lipinski definition) is 4. The molecule has 0 aromatic heterocycles. The van der Waals surface area contributed by atoms with E-state index in [1.54, 1.807) is 4.90 Å². The predicted octanol–water partition coefficient (Wildman–Crippen LogP) is 2.95. The number of rotatable bonds is 4. The molecule has 0 saturated carbocycles. The van der Waals surface area contributed by atoms with E-state index in [0.717, 1.165) is 17.7 Å². The first-order valence-electron chi connectivity index (χ1n) is 7.33. The van der Waals surface area contributed by atoms with Crippen molar-refractivity contribution in [2.45, 2.75) is 19.4 Å². The lowest BCUT2D eigenvalue weighted by molar-refractivity contribution is -0.384. The summed E-state index contributed by atoms with van der Waals surface area (Å²) in [6.07, 6.45) is 0.833. The number of nitro benzene ring substituents is 1. The average molecular weight is 312 g/mol. The van der Waals surface area contributed by atoms with E-state index in [-0.39, 0.29) is 24.2 Å². The second-order valence-electron chi connectivity index (χ2n) is 5.49. The van der Waals surface area contributed by atoms with Crippen molar-refractivity contribution in [1.82, 2.24) is 0 Å². The molecule has 0 fully saturated rings. The van der Waals surface area contributed by atoms with Crippen molar-refractivity contribution in [2.24, 2.45) is 0 Å². The van der Waals surface area contributed by atoms with E-state index in [1.807, 2.05) is 31.2 Å². The molecule has 1 aliphatic heterocycles. The first-order valence-corrected chi connectivity index (χ1v) is 7.33. The summed E-state index contributed by atoms with van der Waals surface area (Å²) < 4.78 is 5.46. The monoisotopic (exact) mass is 312 g/mol. The van der Waals surface area contributed by atoms with Crippen molar-refractivity contribution >= 4 is 17.3 Å². The first kappa shape index (κ1) is 15.0. The molecule has 2 aromatic carbocycles. The molecule has 1 aliphatic rings. The van der Waals surface area contributed by atoms with Crippen LogP contribution in [0.25, 0.3) is 0 Å². The van der Waals surface area contributed by atoms with Gasteiger partial charge in [-0.2, -0.15) is 0 Å². The van der Waals surface area contributed by atoms with Gasteiger partial charge in [-0.1, -0.05) is 18.2 Å². The van der Waals surface area contributed by atoms with Gasteiger partial charge in [-0.05, 0) is 37.1 Å². The van der Waals surface area contributed by atoms with Crippen molar-refractivity contribution in [1.29, 1.82) is 0 Å². The van der Waals surface area contributed by atoms with Crippen LogP contribution in [0.4, 0.5) is 11.4 Å². The number of para-hydroxylation sites is 1. The highest BCUT2D eigenvalue weighted by atomic mass is 16.6. The number of ether oxygens (including phenoxy) is 1. The Bertz CT molecular complexity index is 743. The van der Waals surface area contributed by atoms with Gasteiger partial charge in [0.15, 0.2) is 6.61 Å². The van der Waals surface area contributed by atoms with E-state index >= 15 is 0 Å². The lowest BCUT2D eigenvalue weighted by atomic mass is 10.1. The van der Waals surface area contributed by atoms with Gasteiger partial charge < -0.3 is 9.64 Å². The minimum atomic E-state index is -0.474. The van der Waals surface area contributed by atoms with Crippen molar-refractivity contribution < 1.29 is 14.5 Å². The molecular weight excluding hydrogens is 296 g/mol. The number of carbonyl (C=O) groups excluding carboxylic acids is 1. The Morgan fingerprint density at radius 2 is 1.96 bits per heavy atom. The maximum Gasteiger partial charge on any atom is 0.269 e. The van der Waals surface area contributed by atoms with Gasteiger partial charge in [-0.25, -0.2) is 0 Å². The van der Waals surface area contributed by atoms with E-state index in [2.05, 4.69) is 0 Å². The fourth-order valence-electron chi connectivity index (χ4n) is 2.82. The molecule has 0 unspecified atom stereocenters. The second-order valence-corrected chi connectivity index (χ2v) is 5.49. The molecule has 2 aromatic rings. The Hall–Kier alpha value is -2.89. The van der Waals surface area contributed by atoms with Crippen molar-refractivity contribution in [3.63, 3.8) is 0 Å². The fraction of sp³-hybridized carbons (Fsp3) is 0.235. The van der Waals surface area contributed by atoms with E-state index < -0.39 is 4.92 Å². The Morgan fingerprint density at radius 1 is 1.26 bits per heavy atom. The van der Waals surface area contributed by atoms with Gasteiger partial charge in [-0.3, -0.25) is 14.9 Å². The number of nitrogens with zero attached hydrogens (tertiary/aromatic N) is 2. The highest BCUT2D eigenvalue weighted by molar-refractivity contribution is 5.97. The SMILES string of the molecule is C[C@H]1Cc2ccccc2N1C(=O)COc1ccc([N+](=O)[O-])cc1. The molecule has 0 spiro atoms. The van der Waals surface area contributed by atoms with Gasteiger partial charge in [0.05, 0.1) is 4.92 Å². The zero-order valence-electron chi connectivity index (χ0n) is 12.6. The molecule has 1 heterocycles. The maximum atomic E-state index is 12.5. The third-order valence-corrected chi connectivity index (χ3v) is 3.89. The number of nitro groups is 1. The molecule has 0 radical (unpaired) electrons. The molecule has 23 heavy (non-hydrogen) atoms. The average Bonchev–Trinajstić information content (AvgIpc) is 2.88. The van der Waals surface area contributed by atoms with Crippen LogP contribution in [0.3, 0.4) is 0 Å². The minimum absolute atomic E-state index is 0.00855. The van der Waals surface area contributed by atoms with Crippen LogP contribution in [0.15, 0.2) is 48.5 Å². The van der Waals surface area contributed by atoms with Gasteiger partial charge in [0.25, 0.3) is 11.6 Å². The zero-order valence-corrected chi connectivity index (χ0v) is 12.6. The Balaban J connectivity index is 1.67. The smallest absolute Gasteiger partial charge is 0.269 e. The summed E-state index contributed by atoms with van der Waals surface area (Å²) >= 11 is 0. The number of hydrogen-bond donors (Lipinski definition) is 0. The number of non-ortho nitro benzene ring substituents is 1. The van der Waals surface area contributed by atoms with E-state index in [0.29, 0.717) is 5.75 Å². The van der Waals surface area contributed by atoms with Crippen LogP contribution in [-0.4, -0.2) is 23.5 Å². The van der Waals surface area contributed by atoms with Crippen LogP contribution < -0.4 is 9.64 Å². The van der Waals surface area contributed by atoms with E-state index in [9.17, 15) is 14.9 Å². The number of carbonyl (C=O) groups is 1. The summed E-state index contributed by atoms with van der Waals surface area (Å²) in [6, 6.07) is 13.6. The molecule has 3 rings (SSSR count). The fourth-order valence-corrected chi connectivity index (χ4v) is 2.82. The number of amides is 1. The molecule has 118 valence electrons. The summed E-state index contributed by atoms with van der Waals surface area (Å²) in [5, 5.41) is 10.6. The third kappa shape index (κ3) is 3.01. The largest absolute Gasteiger partial charge is 0.484 e. The lowest BCUT2D eigenvalue weighted by Gasteiger charge is -2.22. The Kier molecular flexibility index (Phi) is 3.97. The van der Waals surface area contributed by atoms with Crippen LogP contribution in [0.1, 0.15) is 12.5 Å². The van der Waals surface area contributed by atoms with Crippen molar-refractivity contribution in [3.8, 4) is 5.75 Å². The molecule has 0 bridgehead atoms. The van der Waals surface area contributed by atoms with Gasteiger partial charge in [-0.15, -0.1) is 0 Å². The summed E-state index contributed by atoms with van der Waals surface area (Å²) in [7, 11) is 0. The number of fused-ring (bicyclic) bond motifs is 1. The topological polar surface area (TPSA) is 72.7 Å². The van der Waals surface area contributed by atoms with Crippen molar-refractivity contribution in [3.05, 3.63) is 64.2 Å². The van der Waals surface area contributed by atoms with Gasteiger partial charge in [0.1, 0.15) is 5.75 Å². The zero-order chi connectivity index (χ0) is 16.4. The molecule has 6 heteroatoms. The van der Waals surface area contributed by atoms with Gasteiger partial charge in [0, 0.05) is 23.9 Å². The number of anilines is 1. The minimum Gasteiger partial charge on any atom is -0.484 e. The van der Waals surface area contributed by atoms with Crippen LogP contribution in [-0.2, 0) is 11.2 Å². The molecule has 0 N–H and O–H groups in total. The maximum absolute atomic E-state index is 12.5. The summed E-state index contributed by atoms with van der Waals surface area (Å²) in [5.41, 5.74) is 2.08. The van der Waals surface area contributed by atoms with Crippen LogP contribution in [0.2, 0.25) is 0 Å². The Morgan fingerprint density at radius 3 is 2.65 bits per heavy atom. The third-order valence-electron chi connectivity index (χ3n) is 3.89. The van der Waals surface area contributed by atoms with E-state index in [1.165, 1.54) is 24.3 Å². The quantitative estimate of drug-likeness (QED) is 0.642. The van der Waals surface area contributed by atoms with Crippen LogP contribution in [0, 0.1) is 10.1 Å². The molecule has 0 aliphatic carbocycles. The summed E-state index contributed by atoms with van der Waals surface area (Å²) in [6.45, 7) is 1.90. The lowest BCUT2D eigenvalue weighted by Crippen LogP contribution is -2.39. The predicted molar refractivity (Wildman–Crippen MR) is 85.7 cm³/mol. The molecular formula is C17H16N2O4. The number of benzene rings is 2. The van der Waals surface area contributed by atoms with E-state index in [4.69, 9.17) is 4.74 Å². The molecule has 1 atom stereocenters.